The van der Waals surface area contributed by atoms with Gasteiger partial charge < -0.3 is 20.2 Å². The number of carbonyl (C=O) groups is 1. The number of hydrogen-bond donors (Lipinski definition) is 2. The highest BCUT2D eigenvalue weighted by atomic mass is 16.6. The molecule has 0 aliphatic carbocycles. The van der Waals surface area contributed by atoms with Gasteiger partial charge in [0.1, 0.15) is 5.60 Å². The number of amides is 1. The van der Waals surface area contributed by atoms with E-state index in [1.165, 1.54) is 6.21 Å². The van der Waals surface area contributed by atoms with Crippen LogP contribution in [0.1, 0.15) is 45.1 Å². The molecule has 0 radical (unpaired) electrons. The summed E-state index contributed by atoms with van der Waals surface area (Å²) < 4.78 is 5.38. The van der Waals surface area contributed by atoms with Gasteiger partial charge in [0.15, 0.2) is 0 Å². The van der Waals surface area contributed by atoms with Gasteiger partial charge in [-0.2, -0.15) is 0 Å². The topological polar surface area (TPSA) is 73.6 Å². The second kappa shape index (κ2) is 6.71. The van der Waals surface area contributed by atoms with E-state index in [-0.39, 0.29) is 12.0 Å². The summed E-state index contributed by atoms with van der Waals surface area (Å²) in [7, 11) is 0. The predicted octanol–water partition coefficient (Wildman–Crippen LogP) is 3.18. The minimum atomic E-state index is -0.998. The summed E-state index contributed by atoms with van der Waals surface area (Å²) >= 11 is 0. The monoisotopic (exact) mass is 318 g/mol. The summed E-state index contributed by atoms with van der Waals surface area (Å²) in [4.78, 5) is 13.7. The first kappa shape index (κ1) is 17.5. The van der Waals surface area contributed by atoms with Gasteiger partial charge in [0.2, 0.25) is 0 Å². The third-order valence-electron chi connectivity index (χ3n) is 4.19. The maximum atomic E-state index is 12.1. The van der Waals surface area contributed by atoms with Gasteiger partial charge in [-0.05, 0) is 39.2 Å². The molecule has 1 unspecified atom stereocenters. The molecule has 126 valence electrons. The summed E-state index contributed by atoms with van der Waals surface area (Å²) in [5, 5.41) is 18.7. The van der Waals surface area contributed by atoms with Gasteiger partial charge in [0.05, 0.1) is 5.60 Å². The molecule has 23 heavy (non-hydrogen) atoms. The number of piperidine rings is 1. The van der Waals surface area contributed by atoms with E-state index in [4.69, 9.17) is 10.1 Å². The lowest BCUT2D eigenvalue weighted by molar-refractivity contribution is -0.0361. The minimum absolute atomic E-state index is 0.342. The van der Waals surface area contributed by atoms with Crippen molar-refractivity contribution in [2.24, 2.45) is 0 Å². The third kappa shape index (κ3) is 4.32. The van der Waals surface area contributed by atoms with Crippen molar-refractivity contribution in [3.05, 3.63) is 35.9 Å². The second-order valence-electron chi connectivity index (χ2n) is 7.13. The number of rotatable bonds is 3. The predicted molar refractivity (Wildman–Crippen MR) is 90.0 cm³/mol. The minimum Gasteiger partial charge on any atom is -0.444 e. The molecule has 1 fully saturated rings. The smallest absolute Gasteiger partial charge is 0.410 e. The van der Waals surface area contributed by atoms with Crippen molar-refractivity contribution in [1.29, 1.82) is 5.41 Å². The molecule has 1 aliphatic rings. The Bertz CT molecular complexity index is 543. The van der Waals surface area contributed by atoms with Gasteiger partial charge in [0.25, 0.3) is 0 Å². The Hall–Kier alpha value is -1.88. The Morgan fingerprint density at radius 3 is 2.35 bits per heavy atom. The number of ether oxygens (including phenoxy) is 1. The van der Waals surface area contributed by atoms with Crippen LogP contribution >= 0.6 is 0 Å². The SMILES string of the molecule is CC(C)(C)OC(=O)N1CCC(O)(C(C=N)c2ccccc2)CC1. The van der Waals surface area contributed by atoms with Gasteiger partial charge in [-0.15, -0.1) is 0 Å². The number of benzene rings is 1. The number of nitrogens with one attached hydrogen (secondary N) is 1. The molecular formula is C18H26N2O3. The van der Waals surface area contributed by atoms with Crippen LogP contribution in [-0.4, -0.2) is 46.6 Å². The quantitative estimate of drug-likeness (QED) is 0.841. The summed E-state index contributed by atoms with van der Waals surface area (Å²) in [6.07, 6.45) is 1.83. The molecule has 1 heterocycles. The van der Waals surface area contributed by atoms with Crippen LogP contribution in [0.15, 0.2) is 30.3 Å². The molecule has 1 aromatic rings. The van der Waals surface area contributed by atoms with Crippen LogP contribution in [0.3, 0.4) is 0 Å². The van der Waals surface area contributed by atoms with Crippen molar-refractivity contribution in [1.82, 2.24) is 4.90 Å². The zero-order valence-corrected chi connectivity index (χ0v) is 14.1. The lowest BCUT2D eigenvalue weighted by atomic mass is 9.76. The summed E-state index contributed by atoms with van der Waals surface area (Å²) in [6.45, 7) is 6.38. The Kier molecular flexibility index (Phi) is 5.09. The van der Waals surface area contributed by atoms with Gasteiger partial charge in [-0.1, -0.05) is 30.3 Å². The number of hydrogen-bond acceptors (Lipinski definition) is 4. The largest absolute Gasteiger partial charge is 0.444 e. The standard InChI is InChI=1S/C18H26N2O3/c1-17(2,3)23-16(21)20-11-9-18(22,10-12-20)15(13-19)14-7-5-4-6-8-14/h4-8,13,15,19,22H,9-12H2,1-3H3. The van der Waals surface area contributed by atoms with E-state index in [1.807, 2.05) is 51.1 Å². The van der Waals surface area contributed by atoms with Crippen LogP contribution in [0.4, 0.5) is 4.79 Å². The van der Waals surface area contributed by atoms with E-state index in [9.17, 15) is 9.90 Å². The van der Waals surface area contributed by atoms with E-state index >= 15 is 0 Å². The van der Waals surface area contributed by atoms with Gasteiger partial charge in [-0.3, -0.25) is 0 Å². The zero-order chi connectivity index (χ0) is 17.1. The Labute approximate surface area is 137 Å². The van der Waals surface area contributed by atoms with E-state index in [0.717, 1.165) is 5.56 Å². The maximum Gasteiger partial charge on any atom is 0.410 e. The molecule has 1 amide bonds. The number of carbonyl (C=O) groups excluding carboxylic acids is 1. The van der Waals surface area contributed by atoms with Crippen LogP contribution in [0.25, 0.3) is 0 Å². The fraction of sp³-hybridized carbons (Fsp3) is 0.556. The first-order chi connectivity index (χ1) is 10.7. The van der Waals surface area contributed by atoms with Crippen LogP contribution in [0.2, 0.25) is 0 Å². The zero-order valence-electron chi connectivity index (χ0n) is 14.1. The van der Waals surface area contributed by atoms with Crippen molar-refractivity contribution in [2.45, 2.75) is 50.7 Å². The van der Waals surface area contributed by atoms with Crippen LogP contribution in [-0.2, 0) is 4.74 Å². The molecule has 0 spiro atoms. The van der Waals surface area contributed by atoms with Crippen molar-refractivity contribution >= 4 is 12.3 Å². The molecule has 2 N–H and O–H groups in total. The maximum absolute atomic E-state index is 12.1. The fourth-order valence-electron chi connectivity index (χ4n) is 2.94. The van der Waals surface area contributed by atoms with Crippen LogP contribution in [0.5, 0.6) is 0 Å². The molecule has 5 nitrogen and oxygen atoms in total. The molecule has 1 atom stereocenters. The van der Waals surface area contributed by atoms with E-state index in [1.54, 1.807) is 4.90 Å². The number of aliphatic hydroxyl groups is 1. The average molecular weight is 318 g/mol. The molecule has 0 bridgehead atoms. The molecule has 1 aromatic carbocycles. The Morgan fingerprint density at radius 1 is 1.30 bits per heavy atom. The Balaban J connectivity index is 2.04. The third-order valence-corrected chi connectivity index (χ3v) is 4.19. The van der Waals surface area contributed by atoms with Crippen molar-refractivity contribution in [2.75, 3.05) is 13.1 Å². The first-order valence-electron chi connectivity index (χ1n) is 8.01. The lowest BCUT2D eigenvalue weighted by Gasteiger charge is -2.42. The molecule has 2 rings (SSSR count). The van der Waals surface area contributed by atoms with Crippen molar-refractivity contribution in [3.63, 3.8) is 0 Å². The highest BCUT2D eigenvalue weighted by Gasteiger charge is 2.41. The van der Waals surface area contributed by atoms with Crippen molar-refractivity contribution < 1.29 is 14.6 Å². The molecule has 0 saturated carbocycles. The summed E-state index contributed by atoms with van der Waals surface area (Å²) in [5.74, 6) is -0.357. The summed E-state index contributed by atoms with van der Waals surface area (Å²) in [6, 6.07) is 9.58. The normalized spacial score (nSPS) is 19.0. The van der Waals surface area contributed by atoms with Crippen LogP contribution in [0, 0.1) is 5.41 Å². The molecule has 1 saturated heterocycles. The highest BCUT2D eigenvalue weighted by Crippen LogP contribution is 2.35. The van der Waals surface area contributed by atoms with E-state index in [2.05, 4.69) is 0 Å². The average Bonchev–Trinajstić information content (AvgIpc) is 2.47. The van der Waals surface area contributed by atoms with Crippen molar-refractivity contribution in [3.8, 4) is 0 Å². The number of likely N-dealkylation sites (tertiary alicyclic amines) is 1. The summed E-state index contributed by atoms with van der Waals surface area (Å²) in [5.41, 5.74) is -0.593. The number of nitrogens with zero attached hydrogens (tertiary/aromatic N) is 1. The molecule has 0 aromatic heterocycles. The van der Waals surface area contributed by atoms with Crippen LogP contribution < -0.4 is 0 Å². The highest BCUT2D eigenvalue weighted by molar-refractivity contribution is 5.69. The van der Waals surface area contributed by atoms with Gasteiger partial charge in [0, 0.05) is 25.2 Å². The van der Waals surface area contributed by atoms with Gasteiger partial charge in [-0.25, -0.2) is 4.79 Å². The molecular weight excluding hydrogens is 292 g/mol. The fourth-order valence-corrected chi connectivity index (χ4v) is 2.94. The van der Waals surface area contributed by atoms with E-state index in [0.29, 0.717) is 25.9 Å². The van der Waals surface area contributed by atoms with Gasteiger partial charge >= 0.3 is 6.09 Å². The Morgan fingerprint density at radius 2 is 1.87 bits per heavy atom. The van der Waals surface area contributed by atoms with E-state index < -0.39 is 11.2 Å². The lowest BCUT2D eigenvalue weighted by Crippen LogP contribution is -2.50. The second-order valence-corrected chi connectivity index (χ2v) is 7.13. The molecule has 5 heteroatoms. The first-order valence-corrected chi connectivity index (χ1v) is 8.01. The molecule has 1 aliphatic heterocycles.